The Bertz CT molecular complexity index is 1120. The molecule has 3 heterocycles. The Morgan fingerprint density at radius 3 is 2.96 bits per heavy atom. The predicted molar refractivity (Wildman–Crippen MR) is 105 cm³/mol. The number of amides is 1. The van der Waals surface area contributed by atoms with E-state index >= 15 is 0 Å². The van der Waals surface area contributed by atoms with Crippen LogP contribution in [0.25, 0.3) is 22.1 Å². The molecular formula is C17H15Cl2N7O. The number of rotatable bonds is 6. The fourth-order valence-electron chi connectivity index (χ4n) is 2.86. The summed E-state index contributed by atoms with van der Waals surface area (Å²) in [6, 6.07) is 5.70. The first-order chi connectivity index (χ1) is 13.1. The fourth-order valence-corrected chi connectivity index (χ4v) is 3.19. The summed E-state index contributed by atoms with van der Waals surface area (Å²) >= 11 is 11.9. The zero-order valence-corrected chi connectivity index (χ0v) is 15.5. The van der Waals surface area contributed by atoms with Gasteiger partial charge >= 0.3 is 0 Å². The second-order valence-electron chi connectivity index (χ2n) is 5.90. The molecule has 3 aromatic heterocycles. The number of aromatic nitrogens is 5. The van der Waals surface area contributed by atoms with Gasteiger partial charge in [-0.25, -0.2) is 4.98 Å². The molecule has 0 spiro atoms. The molecule has 0 saturated carbocycles. The van der Waals surface area contributed by atoms with E-state index < -0.39 is 0 Å². The summed E-state index contributed by atoms with van der Waals surface area (Å²) in [5.74, 6) is 0.277. The van der Waals surface area contributed by atoms with Gasteiger partial charge in [-0.15, -0.1) is 0 Å². The molecule has 10 heteroatoms. The van der Waals surface area contributed by atoms with E-state index in [1.165, 1.54) is 6.33 Å². The van der Waals surface area contributed by atoms with Gasteiger partial charge in [0, 0.05) is 28.7 Å². The van der Waals surface area contributed by atoms with E-state index in [1.54, 1.807) is 0 Å². The number of hydrogen-bond donors (Lipinski definition) is 4. The van der Waals surface area contributed by atoms with E-state index in [2.05, 4.69) is 35.6 Å². The summed E-state index contributed by atoms with van der Waals surface area (Å²) < 4.78 is 0. The van der Waals surface area contributed by atoms with E-state index in [4.69, 9.17) is 23.2 Å². The summed E-state index contributed by atoms with van der Waals surface area (Å²) in [7, 11) is 0. The van der Waals surface area contributed by atoms with Crippen molar-refractivity contribution >= 4 is 57.0 Å². The number of carbonyl (C=O) groups is 1. The summed E-state index contributed by atoms with van der Waals surface area (Å²) in [5.41, 5.74) is 3.16. The molecule has 0 atom stereocenters. The molecule has 8 nitrogen and oxygen atoms in total. The third kappa shape index (κ3) is 3.81. The Hall–Kier alpha value is -2.84. The summed E-state index contributed by atoms with van der Waals surface area (Å²) in [4.78, 5) is 30.3. The topological polar surface area (TPSA) is 111 Å². The van der Waals surface area contributed by atoms with E-state index in [0.717, 1.165) is 16.5 Å². The molecule has 4 aromatic rings. The Morgan fingerprint density at radius 2 is 2.07 bits per heavy atom. The molecule has 0 unspecified atom stereocenters. The molecule has 0 saturated heterocycles. The molecule has 0 aliphatic carbocycles. The molecule has 0 aliphatic rings. The van der Waals surface area contributed by atoms with E-state index in [0.29, 0.717) is 35.0 Å². The number of H-pyrrole nitrogens is 2. The first kappa shape index (κ1) is 17.6. The zero-order chi connectivity index (χ0) is 18.8. The molecule has 0 radical (unpaired) electrons. The second kappa shape index (κ2) is 7.42. The average Bonchev–Trinajstić information content (AvgIpc) is 3.26. The highest BCUT2D eigenvalue weighted by Crippen LogP contribution is 2.22. The first-order valence-electron chi connectivity index (χ1n) is 8.23. The number of hydrogen-bond acceptors (Lipinski definition) is 5. The van der Waals surface area contributed by atoms with Crippen LogP contribution in [-0.2, 0) is 11.2 Å². The molecule has 0 bridgehead atoms. The Balaban J connectivity index is 1.33. The van der Waals surface area contributed by atoms with Crippen LogP contribution in [0.2, 0.25) is 10.3 Å². The van der Waals surface area contributed by atoms with Gasteiger partial charge in [-0.3, -0.25) is 4.79 Å². The first-order valence-corrected chi connectivity index (χ1v) is 8.98. The van der Waals surface area contributed by atoms with Crippen LogP contribution in [0.3, 0.4) is 0 Å². The van der Waals surface area contributed by atoms with Crippen molar-refractivity contribution in [1.29, 1.82) is 0 Å². The number of benzene rings is 1. The Kier molecular flexibility index (Phi) is 4.83. The largest absolute Gasteiger partial charge is 0.361 e. The highest BCUT2D eigenvalue weighted by Gasteiger charge is 2.10. The third-order valence-electron chi connectivity index (χ3n) is 4.12. The minimum atomic E-state index is -0.157. The normalized spacial score (nSPS) is 11.2. The van der Waals surface area contributed by atoms with Crippen molar-refractivity contribution in [3.63, 3.8) is 0 Å². The minimum Gasteiger partial charge on any atom is -0.361 e. The molecule has 0 aliphatic heterocycles. The van der Waals surface area contributed by atoms with Gasteiger partial charge in [0.25, 0.3) is 0 Å². The number of carbonyl (C=O) groups excluding carboxylic acids is 1. The molecule has 1 aromatic carbocycles. The number of nitrogens with one attached hydrogen (secondary N) is 4. The van der Waals surface area contributed by atoms with Crippen molar-refractivity contribution in [2.24, 2.45) is 0 Å². The molecule has 0 fully saturated rings. The standard InChI is InChI=1S/C17H15Cl2N7O/c18-10-1-2-12-11(5-10)9(6-21-12)3-4-20-13(27)7-22-15-14-16(24-8-23-14)26-17(19)25-15/h1-2,5-6,8,21H,3-4,7H2,(H,20,27)(H2,22,23,24,25,26). The summed E-state index contributed by atoms with van der Waals surface area (Å²) in [6.07, 6.45) is 4.12. The predicted octanol–water partition coefficient (Wildman–Crippen LogP) is 2.91. The van der Waals surface area contributed by atoms with Crippen LogP contribution in [0.15, 0.2) is 30.7 Å². The monoisotopic (exact) mass is 403 g/mol. The van der Waals surface area contributed by atoms with Crippen LogP contribution in [0.4, 0.5) is 5.82 Å². The fraction of sp³-hybridized carbons (Fsp3) is 0.176. The smallest absolute Gasteiger partial charge is 0.239 e. The molecule has 4 rings (SSSR count). The van der Waals surface area contributed by atoms with E-state index in [1.807, 2.05) is 24.4 Å². The van der Waals surface area contributed by atoms with Crippen LogP contribution in [-0.4, -0.2) is 43.9 Å². The van der Waals surface area contributed by atoms with Crippen molar-refractivity contribution in [2.45, 2.75) is 6.42 Å². The van der Waals surface area contributed by atoms with Crippen molar-refractivity contribution < 1.29 is 4.79 Å². The number of halogens is 2. The van der Waals surface area contributed by atoms with Gasteiger partial charge in [-0.05, 0) is 41.8 Å². The van der Waals surface area contributed by atoms with Gasteiger partial charge < -0.3 is 20.6 Å². The molecular weight excluding hydrogens is 389 g/mol. The van der Waals surface area contributed by atoms with Gasteiger partial charge in [-0.1, -0.05) is 11.6 Å². The van der Waals surface area contributed by atoms with Crippen LogP contribution >= 0.6 is 23.2 Å². The number of aromatic amines is 2. The molecule has 27 heavy (non-hydrogen) atoms. The van der Waals surface area contributed by atoms with Crippen LogP contribution in [0.1, 0.15) is 5.56 Å². The summed E-state index contributed by atoms with van der Waals surface area (Å²) in [5, 5.41) is 7.64. The highest BCUT2D eigenvalue weighted by atomic mass is 35.5. The van der Waals surface area contributed by atoms with Gasteiger partial charge in [0.2, 0.25) is 11.2 Å². The van der Waals surface area contributed by atoms with Gasteiger partial charge in [0.05, 0.1) is 12.9 Å². The van der Waals surface area contributed by atoms with Crippen molar-refractivity contribution in [1.82, 2.24) is 30.2 Å². The Labute approximate surface area is 163 Å². The van der Waals surface area contributed by atoms with Gasteiger partial charge in [0.15, 0.2) is 11.5 Å². The maximum absolute atomic E-state index is 12.1. The Morgan fingerprint density at radius 1 is 1.19 bits per heavy atom. The van der Waals surface area contributed by atoms with Crippen LogP contribution < -0.4 is 10.6 Å². The number of anilines is 1. The van der Waals surface area contributed by atoms with Crippen molar-refractivity contribution in [3.8, 4) is 0 Å². The lowest BCUT2D eigenvalue weighted by Gasteiger charge is -2.08. The van der Waals surface area contributed by atoms with Crippen LogP contribution in [0.5, 0.6) is 0 Å². The van der Waals surface area contributed by atoms with E-state index in [9.17, 15) is 4.79 Å². The minimum absolute atomic E-state index is 0.0567. The quantitative estimate of drug-likeness (QED) is 0.369. The second-order valence-corrected chi connectivity index (χ2v) is 6.67. The van der Waals surface area contributed by atoms with Crippen molar-refractivity contribution in [3.05, 3.63) is 46.6 Å². The average molecular weight is 404 g/mol. The number of fused-ring (bicyclic) bond motifs is 2. The molecule has 1 amide bonds. The van der Waals surface area contributed by atoms with Gasteiger partial charge in [-0.2, -0.15) is 9.97 Å². The van der Waals surface area contributed by atoms with Crippen molar-refractivity contribution in [2.75, 3.05) is 18.4 Å². The maximum Gasteiger partial charge on any atom is 0.239 e. The van der Waals surface area contributed by atoms with Crippen LogP contribution in [0, 0.1) is 0 Å². The summed E-state index contributed by atoms with van der Waals surface area (Å²) in [6.45, 7) is 0.561. The van der Waals surface area contributed by atoms with E-state index in [-0.39, 0.29) is 17.7 Å². The number of imidazole rings is 1. The maximum atomic E-state index is 12.1. The lowest BCUT2D eigenvalue weighted by atomic mass is 10.1. The highest BCUT2D eigenvalue weighted by molar-refractivity contribution is 6.31. The van der Waals surface area contributed by atoms with Gasteiger partial charge in [0.1, 0.15) is 5.52 Å². The molecule has 4 N–H and O–H groups in total. The number of nitrogens with zero attached hydrogens (tertiary/aromatic N) is 3. The third-order valence-corrected chi connectivity index (χ3v) is 4.52. The molecule has 138 valence electrons. The lowest BCUT2D eigenvalue weighted by Crippen LogP contribution is -2.31. The zero-order valence-electron chi connectivity index (χ0n) is 14.0. The lowest BCUT2D eigenvalue weighted by molar-refractivity contribution is -0.119. The SMILES string of the molecule is O=C(CNc1nc(Cl)nc2nc[nH]c12)NCCc1c[nH]c2ccc(Cl)cc12.